The largest absolute Gasteiger partial charge is 0.282 e. The lowest BCUT2D eigenvalue weighted by Crippen LogP contribution is -1.89. The second-order valence-electron chi connectivity index (χ2n) is 3.61. The Morgan fingerprint density at radius 3 is 2.80 bits per heavy atom. The molecule has 0 aliphatic carbocycles. The van der Waals surface area contributed by atoms with Crippen LogP contribution in [-0.2, 0) is 12.8 Å². The molecule has 82 valence electrons. The highest BCUT2D eigenvalue weighted by molar-refractivity contribution is 5.56. The molecule has 0 saturated heterocycles. The minimum atomic E-state index is 0.972. The number of nitrogens with zero attached hydrogens (tertiary/aromatic N) is 1. The average molecular weight is 204 g/mol. The van der Waals surface area contributed by atoms with E-state index in [0.29, 0.717) is 0 Å². The molecule has 1 heterocycles. The molecule has 2 nitrogen and oxygen atoms in total. The zero-order chi connectivity index (χ0) is 11.1. The molecular weight excluding hydrogens is 184 g/mol. The van der Waals surface area contributed by atoms with Crippen molar-refractivity contribution in [2.75, 3.05) is 0 Å². The summed E-state index contributed by atoms with van der Waals surface area (Å²) in [6.45, 7) is 8.02. The molecule has 0 spiro atoms. The number of nitrogens with one attached hydrogen (secondary N) is 1. The number of H-pyrrole nitrogens is 1. The fourth-order valence-electron chi connectivity index (χ4n) is 1.60. The highest BCUT2D eigenvalue weighted by Gasteiger charge is 2.07. The van der Waals surface area contributed by atoms with Crippen LogP contribution in [0, 0.1) is 0 Å². The third-order valence-corrected chi connectivity index (χ3v) is 2.48. The summed E-state index contributed by atoms with van der Waals surface area (Å²) in [5, 5.41) is 7.46. The van der Waals surface area contributed by atoms with Crippen molar-refractivity contribution in [1.29, 1.82) is 0 Å². The molecule has 2 heteroatoms. The van der Waals surface area contributed by atoms with Crippen molar-refractivity contribution >= 4 is 6.08 Å². The summed E-state index contributed by atoms with van der Waals surface area (Å²) in [7, 11) is 0. The molecular formula is C13H20N2. The fraction of sp³-hybridized carbons (Fsp3) is 0.462. The van der Waals surface area contributed by atoms with E-state index in [0.717, 1.165) is 18.5 Å². The van der Waals surface area contributed by atoms with Crippen molar-refractivity contribution in [3.8, 4) is 0 Å². The van der Waals surface area contributed by atoms with Gasteiger partial charge in [-0.3, -0.25) is 5.10 Å². The van der Waals surface area contributed by atoms with Crippen LogP contribution in [-0.4, -0.2) is 10.2 Å². The highest BCUT2D eigenvalue weighted by atomic mass is 15.1. The van der Waals surface area contributed by atoms with Crippen LogP contribution in [0.5, 0.6) is 0 Å². The number of aromatic amines is 1. The maximum Gasteiger partial charge on any atom is 0.0694 e. The standard InChI is InChI=1S/C13H20N2/c1-4-7-9-11-12(6-3)14-15-13(11)10-8-5-2/h4,7,9H,1,5-6,8,10H2,2-3H3,(H,14,15)/b9-7-. The second-order valence-corrected chi connectivity index (χ2v) is 3.61. The normalized spacial score (nSPS) is 11.1. The Balaban J connectivity index is 2.89. The summed E-state index contributed by atoms with van der Waals surface area (Å²) in [5.74, 6) is 0. The average Bonchev–Trinajstić information content (AvgIpc) is 2.65. The van der Waals surface area contributed by atoms with E-state index in [1.54, 1.807) is 6.08 Å². The Bertz CT molecular complexity index is 334. The van der Waals surface area contributed by atoms with E-state index in [1.807, 2.05) is 6.08 Å². The van der Waals surface area contributed by atoms with Crippen molar-refractivity contribution in [3.63, 3.8) is 0 Å². The van der Waals surface area contributed by atoms with Crippen LogP contribution in [0.3, 0.4) is 0 Å². The van der Waals surface area contributed by atoms with Crippen LogP contribution in [0.15, 0.2) is 18.7 Å². The molecule has 1 aromatic rings. The van der Waals surface area contributed by atoms with Crippen molar-refractivity contribution in [2.45, 2.75) is 39.5 Å². The predicted molar refractivity (Wildman–Crippen MR) is 65.8 cm³/mol. The number of unbranched alkanes of at least 4 members (excludes halogenated alkanes) is 1. The first kappa shape index (κ1) is 11.8. The minimum Gasteiger partial charge on any atom is -0.282 e. The van der Waals surface area contributed by atoms with E-state index in [1.165, 1.54) is 24.1 Å². The molecule has 0 atom stereocenters. The lowest BCUT2D eigenvalue weighted by molar-refractivity contribution is 0.770. The van der Waals surface area contributed by atoms with Gasteiger partial charge >= 0.3 is 0 Å². The van der Waals surface area contributed by atoms with Crippen molar-refractivity contribution in [1.82, 2.24) is 10.2 Å². The van der Waals surface area contributed by atoms with Gasteiger partial charge in [0.25, 0.3) is 0 Å². The van der Waals surface area contributed by atoms with E-state index in [4.69, 9.17) is 0 Å². The van der Waals surface area contributed by atoms with Gasteiger partial charge in [0.2, 0.25) is 0 Å². The van der Waals surface area contributed by atoms with E-state index in [-0.39, 0.29) is 0 Å². The van der Waals surface area contributed by atoms with Gasteiger partial charge in [-0.2, -0.15) is 5.10 Å². The van der Waals surface area contributed by atoms with Gasteiger partial charge < -0.3 is 0 Å². The Morgan fingerprint density at radius 2 is 2.20 bits per heavy atom. The number of rotatable bonds is 6. The van der Waals surface area contributed by atoms with Gasteiger partial charge in [0.15, 0.2) is 0 Å². The molecule has 0 aromatic carbocycles. The van der Waals surface area contributed by atoms with Gasteiger partial charge in [0, 0.05) is 11.3 Å². The first-order valence-electron chi connectivity index (χ1n) is 5.68. The van der Waals surface area contributed by atoms with E-state index < -0.39 is 0 Å². The maximum atomic E-state index is 4.33. The minimum absolute atomic E-state index is 0.972. The number of hydrogen-bond donors (Lipinski definition) is 1. The van der Waals surface area contributed by atoms with Crippen LogP contribution in [0.4, 0.5) is 0 Å². The molecule has 0 unspecified atom stereocenters. The molecule has 0 bridgehead atoms. The van der Waals surface area contributed by atoms with Gasteiger partial charge in [0.1, 0.15) is 0 Å². The van der Waals surface area contributed by atoms with E-state index >= 15 is 0 Å². The van der Waals surface area contributed by atoms with Crippen molar-refractivity contribution < 1.29 is 0 Å². The summed E-state index contributed by atoms with van der Waals surface area (Å²) in [5.41, 5.74) is 3.66. The topological polar surface area (TPSA) is 28.7 Å². The van der Waals surface area contributed by atoms with Crippen LogP contribution < -0.4 is 0 Å². The summed E-state index contributed by atoms with van der Waals surface area (Å²) in [6.07, 6.45) is 10.3. The van der Waals surface area contributed by atoms with E-state index in [2.05, 4.69) is 36.7 Å². The van der Waals surface area contributed by atoms with Gasteiger partial charge in [0.05, 0.1) is 5.69 Å². The monoisotopic (exact) mass is 204 g/mol. The molecule has 1 rings (SSSR count). The molecule has 15 heavy (non-hydrogen) atoms. The zero-order valence-electron chi connectivity index (χ0n) is 9.71. The SMILES string of the molecule is C=C/C=C\c1c(CC)n[nH]c1CCCC. The molecule has 1 aromatic heterocycles. The van der Waals surface area contributed by atoms with Crippen LogP contribution in [0.1, 0.15) is 43.6 Å². The summed E-state index contributed by atoms with van der Waals surface area (Å²) >= 11 is 0. The first-order chi connectivity index (χ1) is 7.33. The molecule has 0 amide bonds. The number of aromatic nitrogens is 2. The molecule has 0 saturated carbocycles. The Hall–Kier alpha value is -1.31. The number of allylic oxidation sites excluding steroid dienone is 2. The Morgan fingerprint density at radius 1 is 1.40 bits per heavy atom. The van der Waals surface area contributed by atoms with Crippen molar-refractivity contribution in [3.05, 3.63) is 35.7 Å². The predicted octanol–water partition coefficient (Wildman–Crippen LogP) is 3.51. The van der Waals surface area contributed by atoms with Gasteiger partial charge in [-0.1, -0.05) is 45.1 Å². The van der Waals surface area contributed by atoms with E-state index in [9.17, 15) is 0 Å². The quantitative estimate of drug-likeness (QED) is 0.706. The molecule has 0 aliphatic heterocycles. The maximum absolute atomic E-state index is 4.33. The third-order valence-electron chi connectivity index (χ3n) is 2.48. The fourth-order valence-corrected chi connectivity index (χ4v) is 1.60. The smallest absolute Gasteiger partial charge is 0.0694 e. The summed E-state index contributed by atoms with van der Waals surface area (Å²) < 4.78 is 0. The molecule has 0 fully saturated rings. The highest BCUT2D eigenvalue weighted by Crippen LogP contribution is 2.16. The lowest BCUT2D eigenvalue weighted by atomic mass is 10.1. The number of hydrogen-bond acceptors (Lipinski definition) is 1. The number of aryl methyl sites for hydroxylation is 2. The Kier molecular flexibility index (Phi) is 4.88. The second kappa shape index (κ2) is 6.23. The Labute approximate surface area is 92.1 Å². The summed E-state index contributed by atoms with van der Waals surface area (Å²) in [6, 6.07) is 0. The van der Waals surface area contributed by atoms with Crippen LogP contribution in [0.2, 0.25) is 0 Å². The van der Waals surface area contributed by atoms with Gasteiger partial charge in [-0.05, 0) is 19.3 Å². The summed E-state index contributed by atoms with van der Waals surface area (Å²) in [4.78, 5) is 0. The molecule has 0 radical (unpaired) electrons. The van der Waals surface area contributed by atoms with Gasteiger partial charge in [-0.25, -0.2) is 0 Å². The first-order valence-corrected chi connectivity index (χ1v) is 5.68. The van der Waals surface area contributed by atoms with Crippen molar-refractivity contribution in [2.24, 2.45) is 0 Å². The van der Waals surface area contributed by atoms with Crippen LogP contribution in [0.25, 0.3) is 6.08 Å². The molecule has 1 N–H and O–H groups in total. The van der Waals surface area contributed by atoms with Gasteiger partial charge in [-0.15, -0.1) is 0 Å². The lowest BCUT2D eigenvalue weighted by Gasteiger charge is -1.98. The third kappa shape index (κ3) is 3.08. The molecule has 0 aliphatic rings. The van der Waals surface area contributed by atoms with Crippen LogP contribution >= 0.6 is 0 Å². The zero-order valence-corrected chi connectivity index (χ0v) is 9.71.